The molecule has 0 saturated heterocycles. The summed E-state index contributed by atoms with van der Waals surface area (Å²) in [4.78, 5) is 31.1. The molecule has 5 N–H and O–H groups in total. The van der Waals surface area contributed by atoms with E-state index < -0.39 is 17.0 Å². The van der Waals surface area contributed by atoms with Gasteiger partial charge in [0.15, 0.2) is 0 Å². The van der Waals surface area contributed by atoms with Crippen LogP contribution in [0.1, 0.15) is 22.0 Å². The van der Waals surface area contributed by atoms with Gasteiger partial charge in [-0.25, -0.2) is 0 Å². The normalized spacial score (nSPS) is 10.8. The van der Waals surface area contributed by atoms with Crippen molar-refractivity contribution in [3.05, 3.63) is 75.8 Å². The highest BCUT2D eigenvalue weighted by Crippen LogP contribution is 2.16. The highest BCUT2D eigenvalue weighted by Gasteiger charge is 2.08. The number of aliphatic hydroxyl groups excluding tert-OH is 1. The van der Waals surface area contributed by atoms with Crippen molar-refractivity contribution in [3.8, 4) is 0 Å². The molecule has 0 aromatic heterocycles. The fraction of sp³-hybridized carbons (Fsp3) is 0.176. The molecule has 2 rings (SSSR count). The molecule has 0 saturated carbocycles. The largest absolute Gasteiger partial charge is 0.480 e. The molecule has 9 heteroatoms. The Hall–Kier alpha value is -3.30. The molecule has 0 radical (unpaired) electrons. The number of carbonyl (C=O) groups excluding carboxylic acids is 1. The summed E-state index contributed by atoms with van der Waals surface area (Å²) in [6, 6.07) is 14.1. The predicted octanol–water partition coefficient (Wildman–Crippen LogP) is 1.09. The number of nitrogens with one attached hydrogen (secondary N) is 1. The zero-order chi connectivity index (χ0) is 19.5. The summed E-state index contributed by atoms with van der Waals surface area (Å²) < 4.78 is 0. The van der Waals surface area contributed by atoms with Crippen molar-refractivity contribution >= 4 is 17.6 Å². The second kappa shape index (κ2) is 10.5. The van der Waals surface area contributed by atoms with Crippen LogP contribution in [0.5, 0.6) is 0 Å². The first-order valence-corrected chi connectivity index (χ1v) is 7.52. The van der Waals surface area contributed by atoms with Gasteiger partial charge < -0.3 is 21.3 Å². The lowest BCUT2D eigenvalue weighted by atomic mass is 10.1. The number of benzene rings is 2. The first-order valence-electron chi connectivity index (χ1n) is 7.52. The summed E-state index contributed by atoms with van der Waals surface area (Å²) >= 11 is 0. The average molecular weight is 361 g/mol. The van der Waals surface area contributed by atoms with Crippen LogP contribution in [0.3, 0.4) is 0 Å². The van der Waals surface area contributed by atoms with Crippen LogP contribution in [0.2, 0.25) is 0 Å². The zero-order valence-corrected chi connectivity index (χ0v) is 13.7. The van der Waals surface area contributed by atoms with E-state index in [9.17, 15) is 24.8 Å². The van der Waals surface area contributed by atoms with Gasteiger partial charge in [0.1, 0.15) is 6.54 Å². The molecular weight excluding hydrogens is 342 g/mol. The monoisotopic (exact) mass is 361 g/mol. The molecule has 1 unspecified atom stereocenters. The van der Waals surface area contributed by atoms with Gasteiger partial charge in [0, 0.05) is 24.2 Å². The standard InChI is InChI=1S/C9H9NO3.C8H10N2O3/c11-8(12)6-10-9(13)7-4-2-1-3-5-7;9-5-8(11)6-1-3-7(4-2-6)10(12)13/h1-5H,6H2,(H,10,13)(H,11,12);1-4,8,11H,5,9H2. The smallest absolute Gasteiger partial charge is 0.322 e. The van der Waals surface area contributed by atoms with E-state index in [1.807, 2.05) is 0 Å². The number of aliphatic hydroxyl groups is 1. The topological polar surface area (TPSA) is 156 Å². The summed E-state index contributed by atoms with van der Waals surface area (Å²) in [5, 5.41) is 30.1. The van der Waals surface area contributed by atoms with Gasteiger partial charge in [-0.2, -0.15) is 0 Å². The van der Waals surface area contributed by atoms with Gasteiger partial charge in [-0.05, 0) is 29.8 Å². The van der Waals surface area contributed by atoms with Gasteiger partial charge in [-0.15, -0.1) is 0 Å². The molecule has 0 fully saturated rings. The van der Waals surface area contributed by atoms with Crippen molar-refractivity contribution in [2.75, 3.05) is 13.1 Å². The number of nitrogens with zero attached hydrogens (tertiary/aromatic N) is 1. The fourth-order valence-electron chi connectivity index (χ4n) is 1.80. The van der Waals surface area contributed by atoms with Gasteiger partial charge >= 0.3 is 5.97 Å². The molecule has 0 heterocycles. The van der Waals surface area contributed by atoms with Gasteiger partial charge in [-0.1, -0.05) is 18.2 Å². The van der Waals surface area contributed by atoms with E-state index in [0.29, 0.717) is 11.1 Å². The van der Waals surface area contributed by atoms with Crippen molar-refractivity contribution in [2.24, 2.45) is 5.73 Å². The number of hydrogen-bond acceptors (Lipinski definition) is 6. The number of amides is 1. The molecule has 0 aliphatic rings. The minimum Gasteiger partial charge on any atom is -0.480 e. The number of carboxylic acids is 1. The Morgan fingerprint density at radius 1 is 1.12 bits per heavy atom. The molecule has 26 heavy (non-hydrogen) atoms. The minimum absolute atomic E-state index is 0.00738. The number of nitro groups is 1. The number of carbonyl (C=O) groups is 2. The van der Waals surface area contributed by atoms with Gasteiger partial charge in [0.25, 0.3) is 11.6 Å². The second-order valence-corrected chi connectivity index (χ2v) is 5.04. The Morgan fingerprint density at radius 3 is 2.15 bits per heavy atom. The average Bonchev–Trinajstić information content (AvgIpc) is 2.66. The Balaban J connectivity index is 0.000000260. The van der Waals surface area contributed by atoms with Crippen LogP contribution < -0.4 is 11.1 Å². The van der Waals surface area contributed by atoms with Crippen LogP contribution >= 0.6 is 0 Å². The third kappa shape index (κ3) is 7.07. The molecule has 2 aromatic carbocycles. The lowest BCUT2D eigenvalue weighted by molar-refractivity contribution is -0.384. The number of carboxylic acid groups (broad SMARTS) is 1. The van der Waals surface area contributed by atoms with E-state index in [-0.39, 0.29) is 24.7 Å². The van der Waals surface area contributed by atoms with Gasteiger partial charge in [-0.3, -0.25) is 19.7 Å². The Labute approximate surface area is 149 Å². The fourth-order valence-corrected chi connectivity index (χ4v) is 1.80. The van der Waals surface area contributed by atoms with Gasteiger partial charge in [0.05, 0.1) is 11.0 Å². The van der Waals surface area contributed by atoms with Crippen molar-refractivity contribution in [3.63, 3.8) is 0 Å². The molecule has 1 atom stereocenters. The summed E-state index contributed by atoms with van der Waals surface area (Å²) in [6.45, 7) is -0.245. The van der Waals surface area contributed by atoms with Crippen LogP contribution in [0.4, 0.5) is 5.69 Å². The van der Waals surface area contributed by atoms with Crippen LogP contribution in [-0.2, 0) is 4.79 Å². The molecule has 0 bridgehead atoms. The quantitative estimate of drug-likeness (QED) is 0.443. The molecule has 2 aromatic rings. The maximum absolute atomic E-state index is 11.2. The maximum Gasteiger partial charge on any atom is 0.322 e. The van der Waals surface area contributed by atoms with Crippen LogP contribution in [-0.4, -0.2) is 40.1 Å². The lowest BCUT2D eigenvalue weighted by Gasteiger charge is -2.06. The van der Waals surface area contributed by atoms with Crippen molar-refractivity contribution < 1.29 is 24.7 Å². The number of aliphatic carboxylic acids is 1. The highest BCUT2D eigenvalue weighted by molar-refractivity contribution is 5.95. The first-order chi connectivity index (χ1) is 12.3. The zero-order valence-electron chi connectivity index (χ0n) is 13.7. The second-order valence-electron chi connectivity index (χ2n) is 5.04. The molecule has 138 valence electrons. The Kier molecular flexibility index (Phi) is 8.41. The van der Waals surface area contributed by atoms with E-state index in [0.717, 1.165) is 0 Å². The number of nitrogens with two attached hydrogens (primary N) is 1. The number of rotatable bonds is 6. The van der Waals surface area contributed by atoms with E-state index in [2.05, 4.69) is 5.32 Å². The molecular formula is C17H19N3O6. The maximum atomic E-state index is 11.2. The van der Waals surface area contributed by atoms with Crippen molar-refractivity contribution in [1.82, 2.24) is 5.32 Å². The molecule has 0 aliphatic heterocycles. The van der Waals surface area contributed by atoms with Crippen LogP contribution in [0, 0.1) is 10.1 Å². The number of non-ortho nitro benzene ring substituents is 1. The summed E-state index contributed by atoms with van der Waals surface area (Å²) in [7, 11) is 0. The summed E-state index contributed by atoms with van der Waals surface area (Å²) in [5.41, 5.74) is 6.28. The van der Waals surface area contributed by atoms with Gasteiger partial charge in [0.2, 0.25) is 0 Å². The predicted molar refractivity (Wildman–Crippen MR) is 93.5 cm³/mol. The minimum atomic E-state index is -1.05. The number of nitro benzene ring substituents is 1. The van der Waals surface area contributed by atoms with E-state index >= 15 is 0 Å². The SMILES string of the molecule is NCC(O)c1ccc([N+](=O)[O-])cc1.O=C(O)CNC(=O)c1ccccc1. The third-order valence-corrected chi connectivity index (χ3v) is 3.15. The molecule has 9 nitrogen and oxygen atoms in total. The molecule has 0 spiro atoms. The lowest BCUT2D eigenvalue weighted by Crippen LogP contribution is -2.29. The summed E-state index contributed by atoms with van der Waals surface area (Å²) in [5.74, 6) is -1.42. The summed E-state index contributed by atoms with van der Waals surface area (Å²) in [6.07, 6.45) is -0.749. The number of hydrogen-bond donors (Lipinski definition) is 4. The van der Waals surface area contributed by atoms with E-state index in [4.69, 9.17) is 10.8 Å². The Bertz CT molecular complexity index is 734. The third-order valence-electron chi connectivity index (χ3n) is 3.15. The van der Waals surface area contributed by atoms with Crippen molar-refractivity contribution in [1.29, 1.82) is 0 Å². The van der Waals surface area contributed by atoms with Crippen LogP contribution in [0.25, 0.3) is 0 Å². The van der Waals surface area contributed by atoms with E-state index in [1.165, 1.54) is 24.3 Å². The van der Waals surface area contributed by atoms with Crippen molar-refractivity contribution in [2.45, 2.75) is 6.10 Å². The van der Waals surface area contributed by atoms with Crippen LogP contribution in [0.15, 0.2) is 54.6 Å². The Morgan fingerprint density at radius 2 is 1.69 bits per heavy atom. The molecule has 0 aliphatic carbocycles. The molecule has 1 amide bonds. The highest BCUT2D eigenvalue weighted by atomic mass is 16.6. The van der Waals surface area contributed by atoms with E-state index in [1.54, 1.807) is 30.3 Å². The first kappa shape index (κ1) is 20.7.